The van der Waals surface area contributed by atoms with E-state index in [1.54, 1.807) is 4.90 Å². The molecule has 5 heteroatoms. The Morgan fingerprint density at radius 2 is 1.71 bits per heavy atom. The lowest BCUT2D eigenvalue weighted by Gasteiger charge is -2.32. The van der Waals surface area contributed by atoms with E-state index in [1.165, 1.54) is 0 Å². The highest BCUT2D eigenvalue weighted by Gasteiger charge is 2.18. The number of hydrogen-bond donors (Lipinski definition) is 1. The van der Waals surface area contributed by atoms with Crippen molar-refractivity contribution in [2.75, 3.05) is 39.8 Å². The van der Waals surface area contributed by atoms with Gasteiger partial charge in [0.2, 0.25) is 0 Å². The Balaban J connectivity index is 1.72. The maximum atomic E-state index is 12.0. The molecule has 0 aliphatic carbocycles. The van der Waals surface area contributed by atoms with E-state index < -0.39 is 0 Å². The highest BCUT2D eigenvalue weighted by atomic mass is 16.2. The average Bonchev–Trinajstić information content (AvgIpc) is 2.48. The molecule has 21 heavy (non-hydrogen) atoms. The Kier molecular flexibility index (Phi) is 5.33. The summed E-state index contributed by atoms with van der Waals surface area (Å²) in [5.74, 6) is 0.0636. The van der Waals surface area contributed by atoms with E-state index in [4.69, 9.17) is 0 Å². The van der Waals surface area contributed by atoms with Crippen LogP contribution < -0.4 is 5.32 Å². The van der Waals surface area contributed by atoms with Crippen LogP contribution in [0.25, 0.3) is 0 Å². The van der Waals surface area contributed by atoms with Gasteiger partial charge in [-0.3, -0.25) is 4.79 Å². The lowest BCUT2D eigenvalue weighted by Crippen LogP contribution is -2.50. The molecule has 0 saturated carbocycles. The molecule has 1 fully saturated rings. The van der Waals surface area contributed by atoms with Crippen molar-refractivity contribution < 1.29 is 9.59 Å². The number of carbonyl (C=O) groups is 2. The van der Waals surface area contributed by atoms with Gasteiger partial charge in [-0.1, -0.05) is 29.8 Å². The molecule has 0 unspecified atom stereocenters. The first-order valence-corrected chi connectivity index (χ1v) is 7.37. The highest BCUT2D eigenvalue weighted by Crippen LogP contribution is 2.06. The maximum absolute atomic E-state index is 12.0. The zero-order valence-electron chi connectivity index (χ0n) is 12.8. The highest BCUT2D eigenvalue weighted by molar-refractivity contribution is 5.96. The molecule has 1 aromatic carbocycles. The number of likely N-dealkylation sites (N-methyl/N-ethyl adjacent to an activating group) is 1. The van der Waals surface area contributed by atoms with E-state index in [0.29, 0.717) is 18.5 Å². The SMILES string of the molecule is Cc1ccc(C(=O)CCNC(=O)N2CCN(C)CC2)cc1. The average molecular weight is 289 g/mol. The number of nitrogens with zero attached hydrogens (tertiary/aromatic N) is 2. The largest absolute Gasteiger partial charge is 0.338 e. The number of piperazine rings is 1. The summed E-state index contributed by atoms with van der Waals surface area (Å²) in [7, 11) is 2.05. The Bertz CT molecular complexity index is 491. The summed E-state index contributed by atoms with van der Waals surface area (Å²) in [6.07, 6.45) is 0.336. The minimum Gasteiger partial charge on any atom is -0.338 e. The van der Waals surface area contributed by atoms with Gasteiger partial charge >= 0.3 is 6.03 Å². The van der Waals surface area contributed by atoms with Crippen LogP contribution in [0.4, 0.5) is 4.79 Å². The van der Waals surface area contributed by atoms with Crippen LogP contribution in [0.5, 0.6) is 0 Å². The Morgan fingerprint density at radius 1 is 1.10 bits per heavy atom. The minimum atomic E-state index is -0.0696. The van der Waals surface area contributed by atoms with Gasteiger partial charge in [0.15, 0.2) is 5.78 Å². The van der Waals surface area contributed by atoms with Gasteiger partial charge in [0.25, 0.3) is 0 Å². The number of carbonyl (C=O) groups excluding carboxylic acids is 2. The van der Waals surface area contributed by atoms with Crippen LogP contribution >= 0.6 is 0 Å². The number of rotatable bonds is 4. The number of benzene rings is 1. The topological polar surface area (TPSA) is 52.7 Å². The standard InChI is InChI=1S/C16H23N3O2/c1-13-3-5-14(6-4-13)15(20)7-8-17-16(21)19-11-9-18(2)10-12-19/h3-6H,7-12H2,1-2H3,(H,17,21). The molecule has 2 amide bonds. The molecule has 1 aliphatic heterocycles. The molecule has 0 atom stereocenters. The summed E-state index contributed by atoms with van der Waals surface area (Å²) < 4.78 is 0. The first-order valence-electron chi connectivity index (χ1n) is 7.37. The van der Waals surface area contributed by atoms with Crippen LogP contribution in [0, 0.1) is 6.92 Å². The quantitative estimate of drug-likeness (QED) is 0.855. The van der Waals surface area contributed by atoms with Gasteiger partial charge in [-0.05, 0) is 14.0 Å². The van der Waals surface area contributed by atoms with E-state index in [-0.39, 0.29) is 11.8 Å². The Hall–Kier alpha value is -1.88. The lowest BCUT2D eigenvalue weighted by molar-refractivity contribution is 0.0982. The zero-order chi connectivity index (χ0) is 15.2. The molecule has 1 aromatic rings. The van der Waals surface area contributed by atoms with Gasteiger partial charge in [-0.25, -0.2) is 4.79 Å². The second-order valence-electron chi connectivity index (χ2n) is 5.56. The number of urea groups is 1. The molecular formula is C16H23N3O2. The number of Topliss-reactive ketones (excluding diaryl/α,β-unsaturated/α-hetero) is 1. The normalized spacial score (nSPS) is 15.8. The Labute approximate surface area is 125 Å². The fourth-order valence-electron chi connectivity index (χ4n) is 2.29. The van der Waals surface area contributed by atoms with E-state index >= 15 is 0 Å². The van der Waals surface area contributed by atoms with Gasteiger partial charge in [0.05, 0.1) is 0 Å². The van der Waals surface area contributed by atoms with Crippen LogP contribution in [0.15, 0.2) is 24.3 Å². The second-order valence-corrected chi connectivity index (χ2v) is 5.56. The smallest absolute Gasteiger partial charge is 0.317 e. The van der Waals surface area contributed by atoms with E-state index in [0.717, 1.165) is 31.7 Å². The predicted molar refractivity (Wildman–Crippen MR) is 82.6 cm³/mol. The minimum absolute atomic E-state index is 0.0636. The first kappa shape index (κ1) is 15.5. The number of nitrogens with one attached hydrogen (secondary N) is 1. The molecule has 0 bridgehead atoms. The molecule has 1 aliphatic rings. The van der Waals surface area contributed by atoms with Gasteiger partial charge in [0.1, 0.15) is 0 Å². The summed E-state index contributed by atoms with van der Waals surface area (Å²) in [6.45, 7) is 5.66. The van der Waals surface area contributed by atoms with Gasteiger partial charge in [-0.15, -0.1) is 0 Å². The van der Waals surface area contributed by atoms with Crippen molar-refractivity contribution in [2.24, 2.45) is 0 Å². The molecule has 114 valence electrons. The van der Waals surface area contributed by atoms with Crippen LogP contribution in [0.3, 0.4) is 0 Å². The van der Waals surface area contributed by atoms with Crippen molar-refractivity contribution in [3.63, 3.8) is 0 Å². The predicted octanol–water partition coefficient (Wildman–Crippen LogP) is 1.52. The third-order valence-corrected chi connectivity index (χ3v) is 3.79. The van der Waals surface area contributed by atoms with Crippen molar-refractivity contribution in [3.8, 4) is 0 Å². The third-order valence-electron chi connectivity index (χ3n) is 3.79. The molecule has 0 radical (unpaired) electrons. The molecule has 5 nitrogen and oxygen atoms in total. The second kappa shape index (κ2) is 7.22. The van der Waals surface area contributed by atoms with E-state index in [2.05, 4.69) is 17.3 Å². The van der Waals surface area contributed by atoms with Gasteiger partial charge in [0, 0.05) is 44.7 Å². The maximum Gasteiger partial charge on any atom is 0.317 e. The van der Waals surface area contributed by atoms with Crippen molar-refractivity contribution in [1.29, 1.82) is 0 Å². The molecule has 0 spiro atoms. The number of amides is 2. The zero-order valence-corrected chi connectivity index (χ0v) is 12.8. The van der Waals surface area contributed by atoms with Gasteiger partial charge < -0.3 is 15.1 Å². The fourth-order valence-corrected chi connectivity index (χ4v) is 2.29. The molecule has 0 aromatic heterocycles. The number of hydrogen-bond acceptors (Lipinski definition) is 3. The van der Waals surface area contributed by atoms with Crippen molar-refractivity contribution in [2.45, 2.75) is 13.3 Å². The monoisotopic (exact) mass is 289 g/mol. The third kappa shape index (κ3) is 4.56. The summed E-state index contributed by atoms with van der Waals surface area (Å²) in [4.78, 5) is 27.9. The fraction of sp³-hybridized carbons (Fsp3) is 0.500. The van der Waals surface area contributed by atoms with Crippen molar-refractivity contribution in [1.82, 2.24) is 15.1 Å². The molecule has 1 saturated heterocycles. The van der Waals surface area contributed by atoms with E-state index in [1.807, 2.05) is 31.2 Å². The van der Waals surface area contributed by atoms with Gasteiger partial charge in [-0.2, -0.15) is 0 Å². The number of ketones is 1. The number of aryl methyl sites for hydroxylation is 1. The molecule has 1 N–H and O–H groups in total. The first-order chi connectivity index (χ1) is 10.1. The Morgan fingerprint density at radius 3 is 2.33 bits per heavy atom. The van der Waals surface area contributed by atoms with Crippen LogP contribution in [-0.4, -0.2) is 61.4 Å². The lowest BCUT2D eigenvalue weighted by atomic mass is 10.1. The molecule has 1 heterocycles. The molecular weight excluding hydrogens is 266 g/mol. The summed E-state index contributed by atoms with van der Waals surface area (Å²) >= 11 is 0. The summed E-state index contributed by atoms with van der Waals surface area (Å²) in [5, 5.41) is 2.83. The van der Waals surface area contributed by atoms with Crippen LogP contribution in [0.1, 0.15) is 22.3 Å². The van der Waals surface area contributed by atoms with Crippen LogP contribution in [0.2, 0.25) is 0 Å². The summed E-state index contributed by atoms with van der Waals surface area (Å²) in [6, 6.07) is 7.45. The summed E-state index contributed by atoms with van der Waals surface area (Å²) in [5.41, 5.74) is 1.84. The van der Waals surface area contributed by atoms with Crippen molar-refractivity contribution >= 4 is 11.8 Å². The van der Waals surface area contributed by atoms with Crippen molar-refractivity contribution in [3.05, 3.63) is 35.4 Å². The van der Waals surface area contributed by atoms with E-state index in [9.17, 15) is 9.59 Å². The van der Waals surface area contributed by atoms with Crippen LogP contribution in [-0.2, 0) is 0 Å². The molecule has 2 rings (SSSR count).